The molecule has 0 aliphatic carbocycles. The molecule has 1 aliphatic heterocycles. The fourth-order valence-corrected chi connectivity index (χ4v) is 4.29. The smallest absolute Gasteiger partial charge is 0.254 e. The van der Waals surface area contributed by atoms with Crippen LogP contribution in [0.3, 0.4) is 0 Å². The maximum Gasteiger partial charge on any atom is 0.254 e. The van der Waals surface area contributed by atoms with E-state index < -0.39 is 0 Å². The Balaban J connectivity index is 1.45. The second-order valence-electron chi connectivity index (χ2n) is 8.43. The number of hydrogen-bond donors (Lipinski definition) is 1. The highest BCUT2D eigenvalue weighted by atomic mass is 16.5. The summed E-state index contributed by atoms with van der Waals surface area (Å²) in [5.74, 6) is 1.72. The number of nitrogens with zero attached hydrogens (tertiary/aromatic N) is 1. The zero-order valence-electron chi connectivity index (χ0n) is 18.6. The summed E-state index contributed by atoms with van der Waals surface area (Å²) in [5, 5.41) is 8.89. The Morgan fingerprint density at radius 3 is 2.72 bits per heavy atom. The third-order valence-corrected chi connectivity index (χ3v) is 6.07. The molecule has 0 radical (unpaired) electrons. The molecule has 1 aromatic heterocycles. The van der Waals surface area contributed by atoms with Gasteiger partial charge >= 0.3 is 0 Å². The van der Waals surface area contributed by atoms with Gasteiger partial charge < -0.3 is 19.2 Å². The van der Waals surface area contributed by atoms with E-state index in [4.69, 9.17) is 14.3 Å². The van der Waals surface area contributed by atoms with Crippen LogP contribution in [0.25, 0.3) is 11.3 Å². The van der Waals surface area contributed by atoms with Crippen LogP contribution in [0.4, 0.5) is 0 Å². The van der Waals surface area contributed by atoms with Gasteiger partial charge in [0.25, 0.3) is 5.91 Å². The molecule has 32 heavy (non-hydrogen) atoms. The molecule has 0 saturated carbocycles. The SMILES string of the molecule is CC1Cc2cc(-c3ccco3)ccc2C(=O)N1Cc1ccccc1OCCCCCCO. The largest absolute Gasteiger partial charge is 0.493 e. The summed E-state index contributed by atoms with van der Waals surface area (Å²) in [6.07, 6.45) is 6.33. The average molecular weight is 434 g/mol. The molecule has 1 unspecified atom stereocenters. The van der Waals surface area contributed by atoms with Gasteiger partial charge in [-0.2, -0.15) is 0 Å². The van der Waals surface area contributed by atoms with Crippen molar-refractivity contribution >= 4 is 5.91 Å². The Hall–Kier alpha value is -3.05. The van der Waals surface area contributed by atoms with Gasteiger partial charge in [0.05, 0.1) is 12.9 Å². The summed E-state index contributed by atoms with van der Waals surface area (Å²) in [4.78, 5) is 15.3. The topological polar surface area (TPSA) is 62.9 Å². The second kappa shape index (κ2) is 10.5. The van der Waals surface area contributed by atoms with E-state index in [-0.39, 0.29) is 18.6 Å². The van der Waals surface area contributed by atoms with E-state index in [9.17, 15) is 4.79 Å². The van der Waals surface area contributed by atoms with E-state index in [1.807, 2.05) is 53.4 Å². The monoisotopic (exact) mass is 433 g/mol. The van der Waals surface area contributed by atoms with E-state index in [1.54, 1.807) is 6.26 Å². The lowest BCUT2D eigenvalue weighted by Crippen LogP contribution is -2.43. The number of fused-ring (bicyclic) bond motifs is 1. The van der Waals surface area contributed by atoms with E-state index in [2.05, 4.69) is 13.0 Å². The molecule has 0 bridgehead atoms. The Morgan fingerprint density at radius 1 is 1.06 bits per heavy atom. The lowest BCUT2D eigenvalue weighted by Gasteiger charge is -2.35. The molecule has 2 aromatic carbocycles. The molecular weight excluding hydrogens is 402 g/mol. The Morgan fingerprint density at radius 2 is 1.91 bits per heavy atom. The minimum atomic E-state index is 0.0588. The number of aliphatic hydroxyl groups excluding tert-OH is 1. The van der Waals surface area contributed by atoms with Crippen molar-refractivity contribution in [2.45, 2.75) is 51.6 Å². The third kappa shape index (κ3) is 5.05. The number of carbonyl (C=O) groups excluding carboxylic acids is 1. The van der Waals surface area contributed by atoms with Crippen molar-refractivity contribution in [1.29, 1.82) is 0 Å². The van der Waals surface area contributed by atoms with Crippen LogP contribution in [0, 0.1) is 0 Å². The first-order valence-electron chi connectivity index (χ1n) is 11.5. The van der Waals surface area contributed by atoms with Gasteiger partial charge in [-0.3, -0.25) is 4.79 Å². The molecule has 2 heterocycles. The first-order valence-corrected chi connectivity index (χ1v) is 11.5. The van der Waals surface area contributed by atoms with Crippen molar-refractivity contribution in [3.8, 4) is 17.1 Å². The molecule has 0 saturated heterocycles. The maximum atomic E-state index is 13.3. The molecule has 1 amide bonds. The Bertz CT molecular complexity index is 1030. The van der Waals surface area contributed by atoms with E-state index in [1.165, 1.54) is 0 Å². The van der Waals surface area contributed by atoms with Crippen molar-refractivity contribution in [2.24, 2.45) is 0 Å². The van der Waals surface area contributed by atoms with Crippen LogP contribution in [0.15, 0.2) is 65.3 Å². The van der Waals surface area contributed by atoms with Gasteiger partial charge in [-0.15, -0.1) is 0 Å². The summed E-state index contributed by atoms with van der Waals surface area (Å²) in [6, 6.07) is 17.8. The molecular formula is C27H31NO4. The molecule has 1 atom stereocenters. The van der Waals surface area contributed by atoms with E-state index in [0.717, 1.165) is 65.9 Å². The van der Waals surface area contributed by atoms with Gasteiger partial charge in [0.1, 0.15) is 11.5 Å². The van der Waals surface area contributed by atoms with Crippen LogP contribution < -0.4 is 4.74 Å². The van der Waals surface area contributed by atoms with Crippen molar-refractivity contribution in [2.75, 3.05) is 13.2 Å². The fourth-order valence-electron chi connectivity index (χ4n) is 4.29. The number of para-hydroxylation sites is 1. The molecule has 5 nitrogen and oxygen atoms in total. The number of hydrogen-bond acceptors (Lipinski definition) is 4. The van der Waals surface area contributed by atoms with Gasteiger partial charge in [-0.25, -0.2) is 0 Å². The number of aliphatic hydroxyl groups is 1. The minimum Gasteiger partial charge on any atom is -0.493 e. The molecule has 1 N–H and O–H groups in total. The number of carbonyl (C=O) groups is 1. The van der Waals surface area contributed by atoms with Crippen molar-refractivity contribution in [3.05, 3.63) is 77.6 Å². The fraction of sp³-hybridized carbons (Fsp3) is 0.370. The Labute approximate surface area is 189 Å². The lowest BCUT2D eigenvalue weighted by atomic mass is 9.91. The lowest BCUT2D eigenvalue weighted by molar-refractivity contribution is 0.0647. The van der Waals surface area contributed by atoms with Gasteiger partial charge in [-0.1, -0.05) is 30.7 Å². The van der Waals surface area contributed by atoms with Crippen LogP contribution in [0.2, 0.25) is 0 Å². The summed E-state index contributed by atoms with van der Waals surface area (Å²) in [6.45, 7) is 3.52. The summed E-state index contributed by atoms with van der Waals surface area (Å²) >= 11 is 0. The van der Waals surface area contributed by atoms with Gasteiger partial charge in [-0.05, 0) is 68.5 Å². The van der Waals surface area contributed by atoms with Gasteiger partial charge in [0, 0.05) is 35.9 Å². The molecule has 4 rings (SSSR count). The predicted octanol–water partition coefficient (Wildman–Crippen LogP) is 5.47. The van der Waals surface area contributed by atoms with Crippen LogP contribution in [-0.2, 0) is 13.0 Å². The standard InChI is InChI=1S/C27H31NO4/c1-20-17-23-18-21(25-11-8-16-32-25)12-13-24(23)27(30)28(20)19-22-9-4-5-10-26(22)31-15-7-3-2-6-14-29/h4-5,8-13,16,18,20,29H,2-3,6-7,14-15,17,19H2,1H3. The van der Waals surface area contributed by atoms with Crippen molar-refractivity contribution < 1.29 is 19.1 Å². The van der Waals surface area contributed by atoms with Gasteiger partial charge in [0.2, 0.25) is 0 Å². The zero-order chi connectivity index (χ0) is 22.3. The normalized spacial score (nSPS) is 15.6. The average Bonchev–Trinajstić information content (AvgIpc) is 3.34. The maximum absolute atomic E-state index is 13.3. The number of rotatable bonds is 10. The van der Waals surface area contributed by atoms with Crippen LogP contribution in [-0.4, -0.2) is 35.2 Å². The Kier molecular flexibility index (Phi) is 7.28. The minimum absolute atomic E-state index is 0.0588. The third-order valence-electron chi connectivity index (χ3n) is 6.07. The molecule has 0 fully saturated rings. The van der Waals surface area contributed by atoms with Crippen LogP contribution in [0.1, 0.15) is 54.1 Å². The van der Waals surface area contributed by atoms with Gasteiger partial charge in [0.15, 0.2) is 0 Å². The number of benzene rings is 2. The molecule has 3 aromatic rings. The first kappa shape index (κ1) is 22.2. The van der Waals surface area contributed by atoms with Crippen LogP contribution >= 0.6 is 0 Å². The highest BCUT2D eigenvalue weighted by Gasteiger charge is 2.30. The number of ether oxygens (including phenoxy) is 1. The molecule has 1 aliphatic rings. The number of furan rings is 1. The molecule has 168 valence electrons. The summed E-state index contributed by atoms with van der Waals surface area (Å²) in [5.41, 5.74) is 3.86. The quantitative estimate of drug-likeness (QED) is 0.431. The zero-order valence-corrected chi connectivity index (χ0v) is 18.6. The number of unbranched alkanes of at least 4 members (excludes halogenated alkanes) is 3. The highest BCUT2D eigenvalue weighted by Crippen LogP contribution is 2.31. The number of amides is 1. The summed E-state index contributed by atoms with van der Waals surface area (Å²) < 4.78 is 11.6. The van der Waals surface area contributed by atoms with E-state index in [0.29, 0.717) is 13.2 Å². The summed E-state index contributed by atoms with van der Waals surface area (Å²) in [7, 11) is 0. The highest BCUT2D eigenvalue weighted by molar-refractivity contribution is 5.97. The van der Waals surface area contributed by atoms with E-state index >= 15 is 0 Å². The second-order valence-corrected chi connectivity index (χ2v) is 8.43. The first-order chi connectivity index (χ1) is 15.7. The molecule has 5 heteroatoms. The molecule has 0 spiro atoms. The van der Waals surface area contributed by atoms with Crippen LogP contribution in [0.5, 0.6) is 5.75 Å². The van der Waals surface area contributed by atoms with Crippen molar-refractivity contribution in [1.82, 2.24) is 4.90 Å². The predicted molar refractivity (Wildman–Crippen MR) is 125 cm³/mol. The van der Waals surface area contributed by atoms with Crippen molar-refractivity contribution in [3.63, 3.8) is 0 Å².